The molecule has 1 aromatic carbocycles. The summed E-state index contributed by atoms with van der Waals surface area (Å²) in [5.74, 6) is -0.0618. The van der Waals surface area contributed by atoms with E-state index in [9.17, 15) is 4.39 Å². The van der Waals surface area contributed by atoms with Crippen LogP contribution in [0.25, 0.3) is 0 Å². The number of halogens is 2. The Labute approximate surface area is 103 Å². The van der Waals surface area contributed by atoms with Crippen LogP contribution in [-0.4, -0.2) is 12.6 Å². The fraction of sp³-hybridized carbons (Fsp3) is 0.538. The van der Waals surface area contributed by atoms with Crippen LogP contribution in [0.2, 0.25) is 0 Å². The molecule has 1 nitrogen and oxygen atoms in total. The Bertz CT molecular complexity index is 311. The van der Waals surface area contributed by atoms with Gasteiger partial charge in [-0.1, -0.05) is 24.6 Å². The van der Waals surface area contributed by atoms with Gasteiger partial charge in [0.05, 0.1) is 0 Å². The SMILES string of the molecule is Cl.Fc1ccccc1CCC1CCCCN1. The van der Waals surface area contributed by atoms with Crippen LogP contribution < -0.4 is 5.32 Å². The molecule has 0 spiro atoms. The summed E-state index contributed by atoms with van der Waals surface area (Å²) >= 11 is 0. The van der Waals surface area contributed by atoms with Crippen LogP contribution in [0.4, 0.5) is 4.39 Å². The highest BCUT2D eigenvalue weighted by Gasteiger charge is 2.12. The van der Waals surface area contributed by atoms with Crippen LogP contribution in [0.5, 0.6) is 0 Å². The molecule has 1 saturated heterocycles. The van der Waals surface area contributed by atoms with Gasteiger partial charge in [-0.15, -0.1) is 12.4 Å². The molecule has 0 bridgehead atoms. The summed E-state index contributed by atoms with van der Waals surface area (Å²) in [6, 6.07) is 7.69. The second kappa shape index (κ2) is 6.87. The first kappa shape index (κ1) is 13.5. The van der Waals surface area contributed by atoms with Gasteiger partial charge < -0.3 is 5.32 Å². The summed E-state index contributed by atoms with van der Waals surface area (Å²) in [4.78, 5) is 0. The predicted molar refractivity (Wildman–Crippen MR) is 67.6 cm³/mol. The summed E-state index contributed by atoms with van der Waals surface area (Å²) < 4.78 is 13.3. The molecule has 0 saturated carbocycles. The summed E-state index contributed by atoms with van der Waals surface area (Å²) in [5, 5.41) is 3.49. The minimum absolute atomic E-state index is 0. The van der Waals surface area contributed by atoms with Crippen molar-refractivity contribution < 1.29 is 4.39 Å². The van der Waals surface area contributed by atoms with Crippen molar-refractivity contribution in [2.24, 2.45) is 0 Å². The van der Waals surface area contributed by atoms with E-state index in [1.54, 1.807) is 12.1 Å². The lowest BCUT2D eigenvalue weighted by Crippen LogP contribution is -2.34. The van der Waals surface area contributed by atoms with Gasteiger partial charge in [-0.3, -0.25) is 0 Å². The van der Waals surface area contributed by atoms with E-state index in [1.807, 2.05) is 12.1 Å². The fourth-order valence-electron chi connectivity index (χ4n) is 2.20. The second-order valence-electron chi connectivity index (χ2n) is 4.28. The van der Waals surface area contributed by atoms with Crippen molar-refractivity contribution in [3.05, 3.63) is 35.6 Å². The van der Waals surface area contributed by atoms with Crippen LogP contribution in [0.3, 0.4) is 0 Å². The lowest BCUT2D eigenvalue weighted by molar-refractivity contribution is 0.381. The Kier molecular flexibility index (Phi) is 5.78. The summed E-state index contributed by atoms with van der Waals surface area (Å²) in [5.41, 5.74) is 0.852. The number of benzene rings is 1. The van der Waals surface area contributed by atoms with Crippen molar-refractivity contribution in [1.82, 2.24) is 5.32 Å². The van der Waals surface area contributed by atoms with E-state index in [1.165, 1.54) is 19.3 Å². The Hall–Kier alpha value is -0.600. The van der Waals surface area contributed by atoms with E-state index >= 15 is 0 Å². The van der Waals surface area contributed by atoms with Gasteiger partial charge in [0.25, 0.3) is 0 Å². The van der Waals surface area contributed by atoms with Crippen LogP contribution >= 0.6 is 12.4 Å². The highest BCUT2D eigenvalue weighted by Crippen LogP contribution is 2.15. The van der Waals surface area contributed by atoms with Gasteiger partial charge in [0.1, 0.15) is 5.82 Å². The first-order valence-electron chi connectivity index (χ1n) is 5.83. The quantitative estimate of drug-likeness (QED) is 0.859. The maximum Gasteiger partial charge on any atom is 0.126 e. The minimum Gasteiger partial charge on any atom is -0.314 e. The van der Waals surface area contributed by atoms with Crippen LogP contribution in [0, 0.1) is 5.82 Å². The zero-order valence-corrected chi connectivity index (χ0v) is 10.2. The van der Waals surface area contributed by atoms with Crippen LogP contribution in [0.1, 0.15) is 31.2 Å². The number of rotatable bonds is 3. The average molecular weight is 244 g/mol. The Morgan fingerprint density at radius 1 is 1.25 bits per heavy atom. The third-order valence-corrected chi connectivity index (χ3v) is 3.13. The summed E-state index contributed by atoms with van der Waals surface area (Å²) in [6.07, 6.45) is 5.75. The minimum atomic E-state index is -0.0618. The maximum atomic E-state index is 13.3. The highest BCUT2D eigenvalue weighted by molar-refractivity contribution is 5.85. The Morgan fingerprint density at radius 2 is 2.06 bits per heavy atom. The number of aryl methyl sites for hydroxylation is 1. The molecule has 1 fully saturated rings. The lowest BCUT2D eigenvalue weighted by atomic mass is 9.98. The van der Waals surface area contributed by atoms with E-state index in [4.69, 9.17) is 0 Å². The molecule has 1 aliphatic heterocycles. The van der Waals surface area contributed by atoms with Gasteiger partial charge in [-0.25, -0.2) is 4.39 Å². The van der Waals surface area contributed by atoms with Crippen molar-refractivity contribution >= 4 is 12.4 Å². The molecule has 1 atom stereocenters. The van der Waals surface area contributed by atoms with E-state index in [0.717, 1.165) is 24.9 Å². The molecule has 1 aliphatic rings. The van der Waals surface area contributed by atoms with E-state index in [2.05, 4.69) is 5.32 Å². The fourth-order valence-corrected chi connectivity index (χ4v) is 2.20. The third-order valence-electron chi connectivity index (χ3n) is 3.13. The zero-order chi connectivity index (χ0) is 10.5. The van der Waals surface area contributed by atoms with Gasteiger partial charge in [-0.05, 0) is 43.9 Å². The molecule has 1 heterocycles. The molecular formula is C13H19ClFN. The molecule has 0 radical (unpaired) electrons. The van der Waals surface area contributed by atoms with Crippen molar-refractivity contribution in [2.75, 3.05) is 6.54 Å². The number of hydrogen-bond donors (Lipinski definition) is 1. The molecular weight excluding hydrogens is 225 g/mol. The van der Waals surface area contributed by atoms with Crippen LogP contribution in [0.15, 0.2) is 24.3 Å². The standard InChI is InChI=1S/C13H18FN.ClH/c14-13-7-2-1-5-11(13)8-9-12-6-3-4-10-15-12;/h1-2,5,7,12,15H,3-4,6,8-10H2;1H. The smallest absolute Gasteiger partial charge is 0.126 e. The van der Waals surface area contributed by atoms with E-state index < -0.39 is 0 Å². The molecule has 3 heteroatoms. The molecule has 0 amide bonds. The highest BCUT2D eigenvalue weighted by atomic mass is 35.5. The average Bonchev–Trinajstić information content (AvgIpc) is 2.29. The van der Waals surface area contributed by atoms with Crippen molar-refractivity contribution in [3.8, 4) is 0 Å². The number of piperidine rings is 1. The number of nitrogens with one attached hydrogen (secondary N) is 1. The summed E-state index contributed by atoms with van der Waals surface area (Å²) in [7, 11) is 0. The monoisotopic (exact) mass is 243 g/mol. The topological polar surface area (TPSA) is 12.0 Å². The summed E-state index contributed by atoms with van der Waals surface area (Å²) in [6.45, 7) is 1.13. The zero-order valence-electron chi connectivity index (χ0n) is 9.42. The van der Waals surface area contributed by atoms with E-state index in [0.29, 0.717) is 6.04 Å². The second-order valence-corrected chi connectivity index (χ2v) is 4.28. The van der Waals surface area contributed by atoms with Gasteiger partial charge in [-0.2, -0.15) is 0 Å². The van der Waals surface area contributed by atoms with Gasteiger partial charge in [0, 0.05) is 6.04 Å². The molecule has 0 aliphatic carbocycles. The molecule has 16 heavy (non-hydrogen) atoms. The van der Waals surface area contributed by atoms with Crippen molar-refractivity contribution in [1.29, 1.82) is 0 Å². The molecule has 2 rings (SSSR count). The molecule has 1 aromatic rings. The predicted octanol–water partition coefficient (Wildman–Crippen LogP) is 3.32. The Balaban J connectivity index is 0.00000128. The first-order chi connectivity index (χ1) is 7.36. The maximum absolute atomic E-state index is 13.3. The molecule has 1 unspecified atom stereocenters. The lowest BCUT2D eigenvalue weighted by Gasteiger charge is -2.23. The Morgan fingerprint density at radius 3 is 2.75 bits per heavy atom. The number of hydrogen-bond acceptors (Lipinski definition) is 1. The molecule has 1 N–H and O–H groups in total. The third kappa shape index (κ3) is 3.76. The normalized spacial score (nSPS) is 20.2. The van der Waals surface area contributed by atoms with Crippen LogP contribution in [-0.2, 0) is 6.42 Å². The molecule has 90 valence electrons. The van der Waals surface area contributed by atoms with Gasteiger partial charge in [0.2, 0.25) is 0 Å². The van der Waals surface area contributed by atoms with Gasteiger partial charge >= 0.3 is 0 Å². The van der Waals surface area contributed by atoms with Gasteiger partial charge in [0.15, 0.2) is 0 Å². The van der Waals surface area contributed by atoms with Crippen molar-refractivity contribution in [3.63, 3.8) is 0 Å². The molecule has 0 aromatic heterocycles. The first-order valence-corrected chi connectivity index (χ1v) is 5.83. The van der Waals surface area contributed by atoms with Crippen molar-refractivity contribution in [2.45, 2.75) is 38.1 Å². The van der Waals surface area contributed by atoms with E-state index in [-0.39, 0.29) is 18.2 Å². The largest absolute Gasteiger partial charge is 0.314 e.